The van der Waals surface area contributed by atoms with Gasteiger partial charge in [0.2, 0.25) is 0 Å². The van der Waals surface area contributed by atoms with Crippen LogP contribution in [0.25, 0.3) is 10.1 Å². The number of thiophene rings is 1. The van der Waals surface area contributed by atoms with Crippen LogP contribution in [0.2, 0.25) is 0 Å². The van der Waals surface area contributed by atoms with Crippen molar-refractivity contribution in [3.05, 3.63) is 29.1 Å². The number of fused-ring (bicyclic) bond motifs is 1. The van der Waals surface area contributed by atoms with Crippen molar-refractivity contribution in [1.82, 2.24) is 0 Å². The van der Waals surface area contributed by atoms with Crippen molar-refractivity contribution >= 4 is 34.1 Å². The molecule has 12 heavy (non-hydrogen) atoms. The fraction of sp³-hybridized carbons (Fsp3) is 0. The topological polar surface area (TPSA) is 0 Å². The van der Waals surface area contributed by atoms with Gasteiger partial charge in [-0.1, -0.05) is 0 Å². The van der Waals surface area contributed by atoms with Crippen molar-refractivity contribution in [2.45, 2.75) is 4.90 Å². The van der Waals surface area contributed by atoms with Gasteiger partial charge in [-0.15, -0.1) is 24.0 Å². The second-order valence-corrected chi connectivity index (χ2v) is 3.78. The van der Waals surface area contributed by atoms with Gasteiger partial charge in [0.1, 0.15) is 0 Å². The van der Waals surface area contributed by atoms with Crippen LogP contribution in [0.5, 0.6) is 0 Å². The van der Waals surface area contributed by atoms with E-state index in [1.807, 2.05) is 0 Å². The fourth-order valence-corrected chi connectivity index (χ4v) is 2.26. The highest BCUT2D eigenvalue weighted by atomic mass is 32.1. The van der Waals surface area contributed by atoms with Crippen molar-refractivity contribution in [3.63, 3.8) is 0 Å². The zero-order valence-electron chi connectivity index (χ0n) is 5.84. The quantitative estimate of drug-likeness (QED) is 0.621. The number of hydrogen-bond donors (Lipinski definition) is 1. The van der Waals surface area contributed by atoms with Gasteiger partial charge >= 0.3 is 0 Å². The third-order valence-corrected chi connectivity index (χ3v) is 3.09. The summed E-state index contributed by atoms with van der Waals surface area (Å²) < 4.78 is 26.1. The molecular formula is C8H4F2S2. The second kappa shape index (κ2) is 2.71. The molecular weight excluding hydrogens is 198 g/mol. The van der Waals surface area contributed by atoms with E-state index in [2.05, 4.69) is 12.6 Å². The Labute approximate surface area is 77.2 Å². The molecule has 0 bridgehead atoms. The van der Waals surface area contributed by atoms with Crippen molar-refractivity contribution in [2.24, 2.45) is 0 Å². The highest BCUT2D eigenvalue weighted by molar-refractivity contribution is 7.80. The minimum absolute atomic E-state index is 0.669. The molecule has 1 heterocycles. The first-order valence-corrected chi connectivity index (χ1v) is 4.56. The third-order valence-electron chi connectivity index (χ3n) is 1.60. The van der Waals surface area contributed by atoms with E-state index in [0.29, 0.717) is 10.3 Å². The van der Waals surface area contributed by atoms with Gasteiger partial charge in [-0.05, 0) is 12.1 Å². The summed E-state index contributed by atoms with van der Waals surface area (Å²) >= 11 is 5.46. The molecule has 0 aliphatic carbocycles. The molecule has 0 unspecified atom stereocenters. The molecule has 4 heteroatoms. The zero-order chi connectivity index (χ0) is 8.72. The van der Waals surface area contributed by atoms with Gasteiger partial charge in [-0.2, -0.15) is 0 Å². The largest absolute Gasteiger partial charge is 0.204 e. The van der Waals surface area contributed by atoms with Crippen LogP contribution < -0.4 is 0 Å². The Morgan fingerprint density at radius 3 is 2.58 bits per heavy atom. The van der Waals surface area contributed by atoms with Crippen LogP contribution in [0.15, 0.2) is 22.4 Å². The molecule has 0 spiro atoms. The molecule has 1 aromatic carbocycles. The van der Waals surface area contributed by atoms with E-state index in [-0.39, 0.29) is 0 Å². The average molecular weight is 202 g/mol. The standard InChI is InChI=1S/C8H4F2S2/c9-5-1-4-7(11)3-12-8(4)2-6(5)10/h1-3,11H. The van der Waals surface area contributed by atoms with Gasteiger partial charge in [0.25, 0.3) is 0 Å². The summed E-state index contributed by atoms with van der Waals surface area (Å²) in [5, 5.41) is 2.43. The lowest BCUT2D eigenvalue weighted by Crippen LogP contribution is -1.80. The van der Waals surface area contributed by atoms with E-state index in [9.17, 15) is 8.78 Å². The molecule has 0 aliphatic heterocycles. The Morgan fingerprint density at radius 2 is 1.83 bits per heavy atom. The maximum atomic E-state index is 12.7. The van der Waals surface area contributed by atoms with E-state index in [4.69, 9.17) is 0 Å². The first-order valence-electron chi connectivity index (χ1n) is 3.23. The molecule has 0 amide bonds. The highest BCUT2D eigenvalue weighted by Crippen LogP contribution is 2.30. The lowest BCUT2D eigenvalue weighted by atomic mass is 10.2. The Bertz CT molecular complexity index is 434. The van der Waals surface area contributed by atoms with Crippen LogP contribution in [0.3, 0.4) is 0 Å². The van der Waals surface area contributed by atoms with Crippen LogP contribution in [0.4, 0.5) is 8.78 Å². The summed E-state index contributed by atoms with van der Waals surface area (Å²) in [5.41, 5.74) is 0. The average Bonchev–Trinajstić information content (AvgIpc) is 2.35. The SMILES string of the molecule is Fc1cc2scc(S)c2cc1F. The fourth-order valence-electron chi connectivity index (χ4n) is 1.01. The number of thiol groups is 1. The molecule has 2 aromatic rings. The lowest BCUT2D eigenvalue weighted by molar-refractivity contribution is 0.511. The monoisotopic (exact) mass is 202 g/mol. The summed E-state index contributed by atoms with van der Waals surface area (Å²) in [6.07, 6.45) is 0. The van der Waals surface area contributed by atoms with Gasteiger partial charge in [0.05, 0.1) is 0 Å². The molecule has 0 atom stereocenters. The predicted octanol–water partition coefficient (Wildman–Crippen LogP) is 3.47. The molecule has 0 fully saturated rings. The molecule has 0 aliphatic rings. The van der Waals surface area contributed by atoms with Crippen LogP contribution in [0, 0.1) is 11.6 Å². The van der Waals surface area contributed by atoms with Crippen molar-refractivity contribution in [3.8, 4) is 0 Å². The van der Waals surface area contributed by atoms with Gasteiger partial charge in [0.15, 0.2) is 11.6 Å². The Hall–Kier alpha value is -0.610. The molecule has 0 N–H and O–H groups in total. The Morgan fingerprint density at radius 1 is 1.17 bits per heavy atom. The van der Waals surface area contributed by atoms with E-state index in [1.165, 1.54) is 23.5 Å². The minimum Gasteiger partial charge on any atom is -0.204 e. The maximum absolute atomic E-state index is 12.7. The van der Waals surface area contributed by atoms with E-state index in [1.54, 1.807) is 5.38 Å². The van der Waals surface area contributed by atoms with E-state index in [0.717, 1.165) is 4.70 Å². The smallest absolute Gasteiger partial charge is 0.160 e. The summed E-state index contributed by atoms with van der Waals surface area (Å²) in [4.78, 5) is 0.689. The molecule has 1 aromatic heterocycles. The van der Waals surface area contributed by atoms with Crippen LogP contribution in [0.1, 0.15) is 0 Å². The van der Waals surface area contributed by atoms with Gasteiger partial charge in [-0.3, -0.25) is 0 Å². The molecule has 0 radical (unpaired) electrons. The Balaban J connectivity index is 2.87. The first kappa shape index (κ1) is 8.01. The van der Waals surface area contributed by atoms with E-state index < -0.39 is 11.6 Å². The van der Waals surface area contributed by atoms with Crippen LogP contribution >= 0.6 is 24.0 Å². The van der Waals surface area contributed by atoms with Crippen molar-refractivity contribution in [2.75, 3.05) is 0 Å². The maximum Gasteiger partial charge on any atom is 0.160 e. The molecule has 0 nitrogen and oxygen atoms in total. The number of halogens is 2. The van der Waals surface area contributed by atoms with Crippen molar-refractivity contribution < 1.29 is 8.78 Å². The highest BCUT2D eigenvalue weighted by Gasteiger charge is 2.06. The summed E-state index contributed by atoms with van der Waals surface area (Å²) in [7, 11) is 0. The molecule has 2 rings (SSSR count). The van der Waals surface area contributed by atoms with Crippen LogP contribution in [-0.2, 0) is 0 Å². The molecule has 62 valence electrons. The van der Waals surface area contributed by atoms with Crippen molar-refractivity contribution in [1.29, 1.82) is 0 Å². The number of benzene rings is 1. The molecule has 0 saturated heterocycles. The minimum atomic E-state index is -0.823. The van der Waals surface area contributed by atoms with E-state index >= 15 is 0 Å². The normalized spacial score (nSPS) is 10.9. The summed E-state index contributed by atoms with van der Waals surface area (Å²) in [6, 6.07) is 2.36. The van der Waals surface area contributed by atoms with Gasteiger partial charge in [0, 0.05) is 20.4 Å². The predicted molar refractivity (Wildman–Crippen MR) is 49.0 cm³/mol. The molecule has 0 saturated carbocycles. The number of hydrogen-bond acceptors (Lipinski definition) is 2. The Kier molecular flexibility index (Phi) is 1.81. The summed E-state index contributed by atoms with van der Waals surface area (Å²) in [5.74, 6) is -1.63. The first-order chi connectivity index (χ1) is 5.68. The van der Waals surface area contributed by atoms with Gasteiger partial charge < -0.3 is 0 Å². The lowest BCUT2D eigenvalue weighted by Gasteiger charge is -1.93. The van der Waals surface area contributed by atoms with Gasteiger partial charge in [-0.25, -0.2) is 8.78 Å². The number of rotatable bonds is 0. The van der Waals surface area contributed by atoms with Crippen LogP contribution in [-0.4, -0.2) is 0 Å². The summed E-state index contributed by atoms with van der Waals surface area (Å²) in [6.45, 7) is 0. The third kappa shape index (κ3) is 1.11. The second-order valence-electron chi connectivity index (χ2n) is 2.38. The zero-order valence-corrected chi connectivity index (χ0v) is 7.55.